The van der Waals surface area contributed by atoms with Crippen LogP contribution in [0.3, 0.4) is 0 Å². The summed E-state index contributed by atoms with van der Waals surface area (Å²) in [4.78, 5) is 10.8. The van der Waals surface area contributed by atoms with Crippen LogP contribution in [0.2, 0.25) is 0 Å². The van der Waals surface area contributed by atoms with Crippen molar-refractivity contribution in [3.8, 4) is 0 Å². The molecular formula is C16H20N2O2. The van der Waals surface area contributed by atoms with Gasteiger partial charge in [-0.1, -0.05) is 18.2 Å². The van der Waals surface area contributed by atoms with Crippen molar-refractivity contribution in [2.75, 3.05) is 0 Å². The molecule has 5 unspecified atom stereocenters. The number of nitrogens with zero attached hydrogens (tertiary/aromatic N) is 1. The lowest BCUT2D eigenvalue weighted by atomic mass is 9.93. The van der Waals surface area contributed by atoms with E-state index < -0.39 is 0 Å². The molecule has 3 fully saturated rings. The number of nitrogens with two attached hydrogens (primary N) is 1. The molecule has 1 aromatic carbocycles. The second kappa shape index (κ2) is 4.29. The summed E-state index contributed by atoms with van der Waals surface area (Å²) >= 11 is 0. The number of fused-ring (bicyclic) bond motifs is 5. The van der Waals surface area contributed by atoms with Gasteiger partial charge in [0.05, 0.1) is 4.92 Å². The molecule has 20 heavy (non-hydrogen) atoms. The van der Waals surface area contributed by atoms with E-state index in [1.807, 2.05) is 12.1 Å². The van der Waals surface area contributed by atoms with Gasteiger partial charge in [0.1, 0.15) is 0 Å². The van der Waals surface area contributed by atoms with Gasteiger partial charge in [0.15, 0.2) is 0 Å². The highest BCUT2D eigenvalue weighted by Crippen LogP contribution is 2.70. The largest absolute Gasteiger partial charge is 0.327 e. The van der Waals surface area contributed by atoms with Gasteiger partial charge in [-0.15, -0.1) is 0 Å². The third-order valence-corrected chi connectivity index (χ3v) is 5.93. The van der Waals surface area contributed by atoms with Crippen molar-refractivity contribution in [3.05, 3.63) is 39.9 Å². The van der Waals surface area contributed by atoms with Crippen LogP contribution in [-0.4, -0.2) is 11.0 Å². The maximum atomic E-state index is 11.1. The molecule has 0 aliphatic heterocycles. The van der Waals surface area contributed by atoms with E-state index in [1.165, 1.54) is 19.3 Å². The van der Waals surface area contributed by atoms with Crippen molar-refractivity contribution in [3.63, 3.8) is 0 Å². The van der Waals surface area contributed by atoms with Crippen LogP contribution in [0.15, 0.2) is 24.3 Å². The van der Waals surface area contributed by atoms with Gasteiger partial charge in [0.25, 0.3) is 5.69 Å². The van der Waals surface area contributed by atoms with Crippen LogP contribution in [-0.2, 0) is 6.42 Å². The molecule has 4 rings (SSSR count). The number of hydrogen-bond acceptors (Lipinski definition) is 3. The van der Waals surface area contributed by atoms with Crippen LogP contribution in [0.4, 0.5) is 5.69 Å². The first-order chi connectivity index (χ1) is 9.66. The Morgan fingerprint density at radius 1 is 1.25 bits per heavy atom. The lowest BCUT2D eigenvalue weighted by Gasteiger charge is -2.16. The summed E-state index contributed by atoms with van der Waals surface area (Å²) in [6, 6.07) is 7.12. The number of hydrogen-bond donors (Lipinski definition) is 1. The summed E-state index contributed by atoms with van der Waals surface area (Å²) in [7, 11) is 0. The summed E-state index contributed by atoms with van der Waals surface area (Å²) in [5, 5.41) is 11.1. The normalized spacial score (nSPS) is 38.5. The molecule has 0 radical (unpaired) electrons. The van der Waals surface area contributed by atoms with Gasteiger partial charge in [0.2, 0.25) is 0 Å². The molecule has 0 amide bonds. The van der Waals surface area contributed by atoms with Gasteiger partial charge in [-0.2, -0.15) is 0 Å². The molecule has 3 aliphatic rings. The van der Waals surface area contributed by atoms with E-state index in [9.17, 15) is 10.1 Å². The molecule has 0 saturated heterocycles. The fraction of sp³-hybridized carbons (Fsp3) is 0.625. The van der Waals surface area contributed by atoms with E-state index in [2.05, 4.69) is 0 Å². The Morgan fingerprint density at radius 3 is 2.55 bits per heavy atom. The van der Waals surface area contributed by atoms with Crippen molar-refractivity contribution >= 4 is 5.69 Å². The number of para-hydroxylation sites is 1. The third-order valence-electron chi connectivity index (χ3n) is 5.93. The van der Waals surface area contributed by atoms with Gasteiger partial charge >= 0.3 is 0 Å². The Balaban J connectivity index is 1.49. The van der Waals surface area contributed by atoms with Crippen molar-refractivity contribution in [2.45, 2.75) is 31.7 Å². The highest BCUT2D eigenvalue weighted by molar-refractivity contribution is 5.40. The van der Waals surface area contributed by atoms with Crippen molar-refractivity contribution in [1.29, 1.82) is 0 Å². The van der Waals surface area contributed by atoms with Crippen LogP contribution >= 0.6 is 0 Å². The van der Waals surface area contributed by atoms with Crippen LogP contribution < -0.4 is 5.73 Å². The predicted molar refractivity (Wildman–Crippen MR) is 76.1 cm³/mol. The van der Waals surface area contributed by atoms with Gasteiger partial charge < -0.3 is 5.73 Å². The predicted octanol–water partition coefficient (Wildman–Crippen LogP) is 2.76. The molecule has 4 nitrogen and oxygen atoms in total. The Hall–Kier alpha value is -1.42. The first-order valence-electron chi connectivity index (χ1n) is 7.64. The zero-order chi connectivity index (χ0) is 13.9. The zero-order valence-electron chi connectivity index (χ0n) is 11.4. The summed E-state index contributed by atoms with van der Waals surface area (Å²) in [5.41, 5.74) is 7.41. The minimum absolute atomic E-state index is 0.0921. The van der Waals surface area contributed by atoms with Crippen LogP contribution in [0.25, 0.3) is 0 Å². The molecule has 3 saturated carbocycles. The SMILES string of the molecule is NC(Cc1ccccc1[N+](=O)[O-])C1C2C3CCC(C3)C12. The minimum atomic E-state index is -0.292. The Kier molecular flexibility index (Phi) is 2.64. The van der Waals surface area contributed by atoms with E-state index in [-0.39, 0.29) is 16.7 Å². The molecule has 0 heterocycles. The highest BCUT2D eigenvalue weighted by atomic mass is 16.6. The standard InChI is InChI=1S/C16H20N2O2/c17-12(8-9-3-1-2-4-13(9)18(19)20)16-14-10-5-6-11(7-10)15(14)16/h1-4,10-12,14-16H,5-8,17H2. The molecule has 5 atom stereocenters. The highest BCUT2D eigenvalue weighted by Gasteiger charge is 2.66. The van der Waals surface area contributed by atoms with E-state index in [0.717, 1.165) is 29.2 Å². The quantitative estimate of drug-likeness (QED) is 0.677. The maximum absolute atomic E-state index is 11.1. The van der Waals surface area contributed by atoms with Crippen LogP contribution in [0.1, 0.15) is 24.8 Å². The van der Waals surface area contributed by atoms with E-state index in [4.69, 9.17) is 5.73 Å². The van der Waals surface area contributed by atoms with E-state index in [0.29, 0.717) is 12.3 Å². The fourth-order valence-electron chi connectivity index (χ4n) is 5.22. The molecule has 3 aliphatic carbocycles. The van der Waals surface area contributed by atoms with Gasteiger partial charge in [-0.3, -0.25) is 10.1 Å². The molecular weight excluding hydrogens is 252 g/mol. The van der Waals surface area contributed by atoms with Gasteiger partial charge in [-0.25, -0.2) is 0 Å². The fourth-order valence-corrected chi connectivity index (χ4v) is 5.22. The second-order valence-electron chi connectivity index (χ2n) is 6.82. The molecule has 106 valence electrons. The lowest BCUT2D eigenvalue weighted by molar-refractivity contribution is -0.385. The smallest absolute Gasteiger partial charge is 0.272 e. The van der Waals surface area contributed by atoms with E-state index in [1.54, 1.807) is 12.1 Å². The number of nitro benzene ring substituents is 1. The monoisotopic (exact) mass is 272 g/mol. The first-order valence-corrected chi connectivity index (χ1v) is 7.64. The number of nitro groups is 1. The zero-order valence-corrected chi connectivity index (χ0v) is 11.4. The summed E-state index contributed by atoms with van der Waals surface area (Å²) in [5.74, 6) is 4.12. The van der Waals surface area contributed by atoms with Crippen LogP contribution in [0.5, 0.6) is 0 Å². The summed E-state index contributed by atoms with van der Waals surface area (Å²) in [6.45, 7) is 0. The molecule has 0 spiro atoms. The Bertz CT molecular complexity index is 543. The topological polar surface area (TPSA) is 69.2 Å². The molecule has 1 aromatic rings. The maximum Gasteiger partial charge on any atom is 0.272 e. The Labute approximate surface area is 118 Å². The average Bonchev–Trinajstić information content (AvgIpc) is 2.88. The summed E-state index contributed by atoms with van der Waals surface area (Å²) < 4.78 is 0. The molecule has 0 aromatic heterocycles. The van der Waals surface area contributed by atoms with Crippen molar-refractivity contribution in [2.24, 2.45) is 35.3 Å². The summed E-state index contributed by atoms with van der Waals surface area (Å²) in [6.07, 6.45) is 4.85. The molecule has 2 N–H and O–H groups in total. The first kappa shape index (κ1) is 12.3. The lowest BCUT2D eigenvalue weighted by Crippen LogP contribution is -2.28. The van der Waals surface area contributed by atoms with Crippen molar-refractivity contribution in [1.82, 2.24) is 0 Å². The van der Waals surface area contributed by atoms with Crippen molar-refractivity contribution < 1.29 is 4.92 Å². The number of rotatable bonds is 4. The van der Waals surface area contributed by atoms with Crippen LogP contribution in [0, 0.1) is 39.7 Å². The molecule has 2 bridgehead atoms. The third kappa shape index (κ3) is 1.71. The van der Waals surface area contributed by atoms with Gasteiger partial charge in [0, 0.05) is 17.7 Å². The second-order valence-corrected chi connectivity index (χ2v) is 6.82. The average molecular weight is 272 g/mol. The van der Waals surface area contributed by atoms with E-state index >= 15 is 0 Å². The molecule has 4 heteroatoms. The minimum Gasteiger partial charge on any atom is -0.327 e. The van der Waals surface area contributed by atoms with Gasteiger partial charge in [-0.05, 0) is 55.3 Å². The Morgan fingerprint density at radius 2 is 1.90 bits per heavy atom. The number of benzene rings is 1.